The fourth-order valence-electron chi connectivity index (χ4n) is 3.85. The van der Waals surface area contributed by atoms with Crippen molar-refractivity contribution in [1.82, 2.24) is 4.90 Å². The van der Waals surface area contributed by atoms with Crippen molar-refractivity contribution in [2.45, 2.75) is 84.2 Å². The molecule has 1 nitrogen and oxygen atoms in total. The molecule has 0 saturated heterocycles. The van der Waals surface area contributed by atoms with Crippen molar-refractivity contribution in [1.29, 1.82) is 0 Å². The minimum Gasteiger partial charge on any atom is -0.297 e. The van der Waals surface area contributed by atoms with Gasteiger partial charge in [-0.1, -0.05) is 46.5 Å². The molecule has 2 saturated carbocycles. The van der Waals surface area contributed by atoms with Crippen molar-refractivity contribution in [3.8, 4) is 0 Å². The zero-order valence-corrected chi connectivity index (χ0v) is 12.1. The van der Waals surface area contributed by atoms with Crippen LogP contribution in [0.15, 0.2) is 0 Å². The average molecular weight is 237 g/mol. The van der Waals surface area contributed by atoms with Gasteiger partial charge in [-0.15, -0.1) is 0 Å². The standard InChI is InChI=1S/C16H31N/c1-4-14-10-11-16(14)17(12-13(2)3)15-8-6-5-7-9-15/h13-16H,4-12H2,1-3H3/t14-,16-/m1/s1. The largest absolute Gasteiger partial charge is 0.297 e. The Balaban J connectivity index is 1.96. The molecular weight excluding hydrogens is 206 g/mol. The van der Waals surface area contributed by atoms with E-state index in [1.54, 1.807) is 0 Å². The molecule has 2 atom stereocenters. The normalized spacial score (nSPS) is 30.9. The topological polar surface area (TPSA) is 3.24 Å². The Kier molecular flexibility index (Phi) is 4.90. The van der Waals surface area contributed by atoms with E-state index in [-0.39, 0.29) is 0 Å². The minimum absolute atomic E-state index is 0.829. The highest BCUT2D eigenvalue weighted by molar-refractivity contribution is 4.92. The molecule has 0 aliphatic heterocycles. The molecule has 0 unspecified atom stereocenters. The molecule has 0 spiro atoms. The van der Waals surface area contributed by atoms with Crippen molar-refractivity contribution in [3.05, 3.63) is 0 Å². The molecule has 0 aromatic carbocycles. The molecule has 2 rings (SSSR count). The molecule has 0 heterocycles. The van der Waals surface area contributed by atoms with Crippen LogP contribution >= 0.6 is 0 Å². The number of hydrogen-bond acceptors (Lipinski definition) is 1. The molecule has 100 valence electrons. The fraction of sp³-hybridized carbons (Fsp3) is 1.00. The first-order valence-electron chi connectivity index (χ1n) is 7.98. The third-order valence-corrected chi connectivity index (χ3v) is 4.95. The second kappa shape index (κ2) is 6.22. The van der Waals surface area contributed by atoms with E-state index in [1.807, 2.05) is 0 Å². The van der Waals surface area contributed by atoms with Crippen LogP contribution in [0.4, 0.5) is 0 Å². The van der Waals surface area contributed by atoms with Crippen molar-refractivity contribution < 1.29 is 0 Å². The third kappa shape index (κ3) is 3.24. The van der Waals surface area contributed by atoms with Gasteiger partial charge in [-0.05, 0) is 37.5 Å². The Morgan fingerprint density at radius 2 is 1.71 bits per heavy atom. The lowest BCUT2D eigenvalue weighted by atomic mass is 9.75. The van der Waals surface area contributed by atoms with Gasteiger partial charge in [0.15, 0.2) is 0 Å². The predicted octanol–water partition coefficient (Wildman–Crippen LogP) is 4.47. The van der Waals surface area contributed by atoms with Crippen molar-refractivity contribution in [2.24, 2.45) is 11.8 Å². The number of rotatable bonds is 5. The SMILES string of the molecule is CC[C@@H]1CC[C@H]1N(CC(C)C)C1CCCCC1. The molecule has 2 aliphatic carbocycles. The van der Waals surface area contributed by atoms with Gasteiger partial charge < -0.3 is 0 Å². The van der Waals surface area contributed by atoms with Crippen LogP contribution in [-0.2, 0) is 0 Å². The molecule has 0 radical (unpaired) electrons. The lowest BCUT2D eigenvalue weighted by molar-refractivity contribution is 0.00432. The number of nitrogens with zero attached hydrogens (tertiary/aromatic N) is 1. The van der Waals surface area contributed by atoms with E-state index in [2.05, 4.69) is 25.7 Å². The molecule has 2 fully saturated rings. The van der Waals surface area contributed by atoms with Crippen LogP contribution < -0.4 is 0 Å². The number of hydrogen-bond donors (Lipinski definition) is 0. The van der Waals surface area contributed by atoms with Crippen LogP contribution in [0.25, 0.3) is 0 Å². The van der Waals surface area contributed by atoms with E-state index in [4.69, 9.17) is 0 Å². The zero-order chi connectivity index (χ0) is 12.3. The van der Waals surface area contributed by atoms with Gasteiger partial charge in [-0.25, -0.2) is 0 Å². The predicted molar refractivity (Wildman–Crippen MR) is 75.2 cm³/mol. The van der Waals surface area contributed by atoms with Crippen molar-refractivity contribution in [2.75, 3.05) is 6.54 Å². The van der Waals surface area contributed by atoms with Crippen LogP contribution in [0, 0.1) is 11.8 Å². The fourth-order valence-corrected chi connectivity index (χ4v) is 3.85. The highest BCUT2D eigenvalue weighted by Crippen LogP contribution is 2.38. The maximum absolute atomic E-state index is 2.92. The Hall–Kier alpha value is -0.0400. The average Bonchev–Trinajstić information content (AvgIpc) is 2.28. The second-order valence-electron chi connectivity index (χ2n) is 6.70. The van der Waals surface area contributed by atoms with Crippen LogP contribution in [-0.4, -0.2) is 23.5 Å². The van der Waals surface area contributed by atoms with Gasteiger partial charge in [-0.3, -0.25) is 4.90 Å². The van der Waals surface area contributed by atoms with Gasteiger partial charge in [0.1, 0.15) is 0 Å². The van der Waals surface area contributed by atoms with Gasteiger partial charge in [0.05, 0.1) is 0 Å². The first kappa shape index (κ1) is 13.4. The highest BCUT2D eigenvalue weighted by atomic mass is 15.2. The summed E-state index contributed by atoms with van der Waals surface area (Å²) in [6.07, 6.45) is 11.7. The summed E-state index contributed by atoms with van der Waals surface area (Å²) >= 11 is 0. The molecule has 0 bridgehead atoms. The first-order chi connectivity index (χ1) is 8.22. The zero-order valence-electron chi connectivity index (χ0n) is 12.1. The maximum Gasteiger partial charge on any atom is 0.0127 e. The van der Waals surface area contributed by atoms with Gasteiger partial charge in [-0.2, -0.15) is 0 Å². The monoisotopic (exact) mass is 237 g/mol. The summed E-state index contributed by atoms with van der Waals surface area (Å²) in [5.41, 5.74) is 0. The Bertz CT molecular complexity index is 214. The molecule has 0 amide bonds. The summed E-state index contributed by atoms with van der Waals surface area (Å²) < 4.78 is 0. The summed E-state index contributed by atoms with van der Waals surface area (Å²) in [7, 11) is 0. The van der Waals surface area contributed by atoms with Crippen molar-refractivity contribution >= 4 is 0 Å². The van der Waals surface area contributed by atoms with Gasteiger partial charge in [0.2, 0.25) is 0 Å². The van der Waals surface area contributed by atoms with E-state index in [9.17, 15) is 0 Å². The van der Waals surface area contributed by atoms with Crippen LogP contribution in [0.3, 0.4) is 0 Å². The highest BCUT2D eigenvalue weighted by Gasteiger charge is 2.37. The van der Waals surface area contributed by atoms with E-state index in [0.29, 0.717) is 0 Å². The van der Waals surface area contributed by atoms with Crippen molar-refractivity contribution in [3.63, 3.8) is 0 Å². The van der Waals surface area contributed by atoms with Crippen LogP contribution in [0.1, 0.15) is 72.1 Å². The summed E-state index contributed by atoms with van der Waals surface area (Å²) in [6, 6.07) is 1.86. The molecule has 1 heteroatoms. The molecule has 0 aromatic rings. The Morgan fingerprint density at radius 3 is 2.18 bits per heavy atom. The molecule has 0 N–H and O–H groups in total. The van der Waals surface area contributed by atoms with Crippen LogP contribution in [0.5, 0.6) is 0 Å². The molecule has 2 aliphatic rings. The molecular formula is C16H31N. The summed E-state index contributed by atoms with van der Waals surface area (Å²) in [5, 5.41) is 0. The summed E-state index contributed by atoms with van der Waals surface area (Å²) in [4.78, 5) is 2.92. The van der Waals surface area contributed by atoms with Gasteiger partial charge in [0, 0.05) is 18.6 Å². The van der Waals surface area contributed by atoms with Gasteiger partial charge in [0.25, 0.3) is 0 Å². The Labute approximate surface area is 108 Å². The van der Waals surface area contributed by atoms with E-state index < -0.39 is 0 Å². The second-order valence-corrected chi connectivity index (χ2v) is 6.70. The van der Waals surface area contributed by atoms with E-state index in [1.165, 1.54) is 57.9 Å². The van der Waals surface area contributed by atoms with Crippen LogP contribution in [0.2, 0.25) is 0 Å². The van der Waals surface area contributed by atoms with Gasteiger partial charge >= 0.3 is 0 Å². The Morgan fingerprint density at radius 1 is 1.00 bits per heavy atom. The molecule has 17 heavy (non-hydrogen) atoms. The summed E-state index contributed by atoms with van der Waals surface area (Å²) in [5.74, 6) is 1.84. The lowest BCUT2D eigenvalue weighted by Gasteiger charge is -2.49. The first-order valence-corrected chi connectivity index (χ1v) is 7.98. The van der Waals surface area contributed by atoms with E-state index >= 15 is 0 Å². The summed E-state index contributed by atoms with van der Waals surface area (Å²) in [6.45, 7) is 8.49. The van der Waals surface area contributed by atoms with E-state index in [0.717, 1.165) is 23.9 Å². The quantitative estimate of drug-likeness (QED) is 0.682. The lowest BCUT2D eigenvalue weighted by Crippen LogP contribution is -2.53. The third-order valence-electron chi connectivity index (χ3n) is 4.95. The molecule has 0 aromatic heterocycles. The minimum atomic E-state index is 0.829. The smallest absolute Gasteiger partial charge is 0.0127 e. The maximum atomic E-state index is 2.92.